The highest BCUT2D eigenvalue weighted by molar-refractivity contribution is 9.10. The summed E-state index contributed by atoms with van der Waals surface area (Å²) in [6.45, 7) is 0. The molecule has 0 atom stereocenters. The average molecular weight is 497 g/mol. The Balaban J connectivity index is 1.65. The Hall–Kier alpha value is -2.05. The molecule has 0 saturated carbocycles. The predicted octanol–water partition coefficient (Wildman–Crippen LogP) is 7.47. The van der Waals surface area contributed by atoms with E-state index in [0.29, 0.717) is 43.9 Å². The molecule has 4 aromatic rings. The first-order valence-electron chi connectivity index (χ1n) is 8.03. The SMILES string of the molecule is O=C(Nc1ccc2oc(-c3cc(Br)ccc3Cl)nc2c1)c1ccc(Cl)cc1Cl. The number of carbonyl (C=O) groups excluding carboxylic acids is 1. The summed E-state index contributed by atoms with van der Waals surface area (Å²) < 4.78 is 6.66. The van der Waals surface area contributed by atoms with E-state index in [1.165, 1.54) is 6.07 Å². The van der Waals surface area contributed by atoms with Gasteiger partial charge in [-0.3, -0.25) is 4.79 Å². The van der Waals surface area contributed by atoms with Crippen LogP contribution in [0.15, 0.2) is 63.5 Å². The molecule has 140 valence electrons. The molecular formula is C20H10BrCl3N2O2. The van der Waals surface area contributed by atoms with Gasteiger partial charge >= 0.3 is 0 Å². The minimum absolute atomic E-state index is 0.277. The smallest absolute Gasteiger partial charge is 0.257 e. The van der Waals surface area contributed by atoms with Gasteiger partial charge in [-0.2, -0.15) is 0 Å². The number of rotatable bonds is 3. The Bertz CT molecular complexity index is 1220. The molecule has 1 amide bonds. The summed E-state index contributed by atoms with van der Waals surface area (Å²) in [6, 6.07) is 15.3. The van der Waals surface area contributed by atoms with Gasteiger partial charge in [0.15, 0.2) is 5.58 Å². The number of aromatic nitrogens is 1. The van der Waals surface area contributed by atoms with Crippen molar-refractivity contribution >= 4 is 73.4 Å². The van der Waals surface area contributed by atoms with E-state index < -0.39 is 0 Å². The number of hydrogen-bond acceptors (Lipinski definition) is 3. The van der Waals surface area contributed by atoms with E-state index in [1.54, 1.807) is 36.4 Å². The van der Waals surface area contributed by atoms with Crippen LogP contribution in [-0.2, 0) is 0 Å². The molecular weight excluding hydrogens is 486 g/mol. The fourth-order valence-corrected chi connectivity index (χ4v) is 3.71. The second kappa shape index (κ2) is 7.76. The van der Waals surface area contributed by atoms with Crippen molar-refractivity contribution in [2.24, 2.45) is 0 Å². The minimum atomic E-state index is -0.347. The summed E-state index contributed by atoms with van der Waals surface area (Å²) in [5.74, 6) is 0.0466. The Kier molecular flexibility index (Phi) is 5.34. The minimum Gasteiger partial charge on any atom is -0.436 e. The van der Waals surface area contributed by atoms with E-state index in [1.807, 2.05) is 12.1 Å². The van der Waals surface area contributed by atoms with E-state index >= 15 is 0 Å². The van der Waals surface area contributed by atoms with Crippen LogP contribution in [-0.4, -0.2) is 10.9 Å². The van der Waals surface area contributed by atoms with Crippen LogP contribution in [0.25, 0.3) is 22.6 Å². The number of anilines is 1. The summed E-state index contributed by atoms with van der Waals surface area (Å²) in [6.07, 6.45) is 0. The highest BCUT2D eigenvalue weighted by atomic mass is 79.9. The molecule has 1 heterocycles. The summed E-state index contributed by atoms with van der Waals surface area (Å²) >= 11 is 21.6. The molecule has 0 fully saturated rings. The van der Waals surface area contributed by atoms with E-state index in [2.05, 4.69) is 26.2 Å². The molecule has 0 bridgehead atoms. The summed E-state index contributed by atoms with van der Waals surface area (Å²) in [7, 11) is 0. The second-order valence-corrected chi connectivity index (χ2v) is 8.07. The number of nitrogens with zero attached hydrogens (tertiary/aromatic N) is 1. The van der Waals surface area contributed by atoms with Gasteiger partial charge in [0.05, 0.1) is 21.2 Å². The van der Waals surface area contributed by atoms with Gasteiger partial charge in [-0.15, -0.1) is 0 Å². The lowest BCUT2D eigenvalue weighted by atomic mass is 10.2. The van der Waals surface area contributed by atoms with Crippen molar-refractivity contribution < 1.29 is 9.21 Å². The van der Waals surface area contributed by atoms with Crippen LogP contribution in [0.5, 0.6) is 0 Å². The van der Waals surface area contributed by atoms with Crippen LogP contribution in [0.2, 0.25) is 15.1 Å². The lowest BCUT2D eigenvalue weighted by molar-refractivity contribution is 0.102. The van der Waals surface area contributed by atoms with Crippen LogP contribution >= 0.6 is 50.7 Å². The zero-order valence-electron chi connectivity index (χ0n) is 14.0. The van der Waals surface area contributed by atoms with Crippen LogP contribution in [0.1, 0.15) is 10.4 Å². The number of fused-ring (bicyclic) bond motifs is 1. The maximum absolute atomic E-state index is 12.5. The molecule has 8 heteroatoms. The fraction of sp³-hybridized carbons (Fsp3) is 0. The van der Waals surface area contributed by atoms with Crippen molar-refractivity contribution in [3.63, 3.8) is 0 Å². The van der Waals surface area contributed by atoms with Gasteiger partial charge in [-0.25, -0.2) is 4.98 Å². The summed E-state index contributed by atoms with van der Waals surface area (Å²) in [4.78, 5) is 17.0. The molecule has 0 aliphatic rings. The molecule has 0 spiro atoms. The second-order valence-electron chi connectivity index (χ2n) is 5.90. The Morgan fingerprint density at radius 1 is 0.964 bits per heavy atom. The van der Waals surface area contributed by atoms with Crippen molar-refractivity contribution in [2.75, 3.05) is 5.32 Å². The normalized spacial score (nSPS) is 11.0. The Morgan fingerprint density at radius 3 is 2.57 bits per heavy atom. The molecule has 0 aliphatic carbocycles. The lowest BCUT2D eigenvalue weighted by Gasteiger charge is -2.06. The van der Waals surface area contributed by atoms with Gasteiger partial charge in [0.1, 0.15) is 5.52 Å². The molecule has 0 unspecified atom stereocenters. The summed E-state index contributed by atoms with van der Waals surface area (Å²) in [5.41, 5.74) is 2.72. The van der Waals surface area contributed by atoms with Gasteiger partial charge in [-0.1, -0.05) is 50.7 Å². The van der Waals surface area contributed by atoms with Crippen molar-refractivity contribution in [1.29, 1.82) is 0 Å². The molecule has 0 aliphatic heterocycles. The summed E-state index contributed by atoms with van der Waals surface area (Å²) in [5, 5.41) is 4.07. The maximum Gasteiger partial charge on any atom is 0.257 e. The molecule has 1 N–H and O–H groups in total. The van der Waals surface area contributed by atoms with Crippen LogP contribution in [0, 0.1) is 0 Å². The van der Waals surface area contributed by atoms with Gasteiger partial charge in [0.2, 0.25) is 5.89 Å². The standard InChI is InChI=1S/C20H10BrCl3N2O2/c21-10-1-5-15(23)14(7-10)20-26-17-9-12(3-6-18(17)28-20)25-19(27)13-4-2-11(22)8-16(13)24/h1-9H,(H,25,27). The quantitative estimate of drug-likeness (QED) is 0.320. The van der Waals surface area contributed by atoms with Gasteiger partial charge in [-0.05, 0) is 54.6 Å². The topological polar surface area (TPSA) is 55.1 Å². The van der Waals surface area contributed by atoms with Crippen molar-refractivity contribution in [2.45, 2.75) is 0 Å². The maximum atomic E-state index is 12.5. The van der Waals surface area contributed by atoms with E-state index in [-0.39, 0.29) is 10.9 Å². The molecule has 0 saturated heterocycles. The predicted molar refractivity (Wildman–Crippen MR) is 117 cm³/mol. The first-order chi connectivity index (χ1) is 13.4. The highest BCUT2D eigenvalue weighted by Gasteiger charge is 2.15. The van der Waals surface area contributed by atoms with Crippen molar-refractivity contribution in [1.82, 2.24) is 4.98 Å². The molecule has 1 aromatic heterocycles. The number of amides is 1. The Morgan fingerprint density at radius 2 is 1.79 bits per heavy atom. The molecule has 0 radical (unpaired) electrons. The monoisotopic (exact) mass is 494 g/mol. The number of nitrogens with one attached hydrogen (secondary N) is 1. The van der Waals surface area contributed by atoms with Gasteiger partial charge < -0.3 is 9.73 Å². The zero-order valence-corrected chi connectivity index (χ0v) is 17.8. The number of hydrogen-bond donors (Lipinski definition) is 1. The number of benzene rings is 3. The third-order valence-corrected chi connectivity index (χ3v) is 5.35. The number of halogens is 4. The molecule has 4 rings (SSSR count). The third kappa shape index (κ3) is 3.89. The van der Waals surface area contributed by atoms with E-state index in [9.17, 15) is 4.79 Å². The van der Waals surface area contributed by atoms with Crippen molar-refractivity contribution in [3.8, 4) is 11.5 Å². The van der Waals surface area contributed by atoms with Crippen molar-refractivity contribution in [3.05, 3.63) is 79.7 Å². The van der Waals surface area contributed by atoms with Crippen LogP contribution < -0.4 is 5.32 Å². The van der Waals surface area contributed by atoms with Gasteiger partial charge in [0, 0.05) is 15.2 Å². The highest BCUT2D eigenvalue weighted by Crippen LogP contribution is 2.33. The lowest BCUT2D eigenvalue weighted by Crippen LogP contribution is -2.12. The van der Waals surface area contributed by atoms with E-state index in [4.69, 9.17) is 39.2 Å². The molecule has 3 aromatic carbocycles. The zero-order chi connectivity index (χ0) is 19.8. The third-order valence-electron chi connectivity index (χ3n) is 3.98. The fourth-order valence-electron chi connectivity index (χ4n) is 2.65. The van der Waals surface area contributed by atoms with E-state index in [0.717, 1.165) is 4.47 Å². The number of oxazole rings is 1. The first kappa shape index (κ1) is 19.3. The Labute approximate surface area is 183 Å². The van der Waals surface area contributed by atoms with Gasteiger partial charge in [0.25, 0.3) is 5.91 Å². The largest absolute Gasteiger partial charge is 0.436 e. The number of carbonyl (C=O) groups is 1. The van der Waals surface area contributed by atoms with Crippen LogP contribution in [0.4, 0.5) is 5.69 Å². The first-order valence-corrected chi connectivity index (χ1v) is 9.96. The van der Waals surface area contributed by atoms with Crippen LogP contribution in [0.3, 0.4) is 0 Å². The molecule has 28 heavy (non-hydrogen) atoms. The molecule has 4 nitrogen and oxygen atoms in total. The average Bonchev–Trinajstić information content (AvgIpc) is 3.06.